The minimum Gasteiger partial charge on any atom is -0.379 e. The lowest BCUT2D eigenvalue weighted by atomic mass is 10.2. The Labute approximate surface area is 175 Å². The van der Waals surface area contributed by atoms with E-state index in [1.165, 1.54) is 0 Å². The Morgan fingerprint density at radius 1 is 1.17 bits per heavy atom. The van der Waals surface area contributed by atoms with Crippen LogP contribution in [0.2, 0.25) is 0 Å². The summed E-state index contributed by atoms with van der Waals surface area (Å²) in [6.45, 7) is 9.32. The molecule has 0 aliphatic carbocycles. The lowest BCUT2D eigenvalue weighted by Crippen LogP contribution is -2.39. The number of hydrogen-bond acceptors (Lipinski definition) is 7. The summed E-state index contributed by atoms with van der Waals surface area (Å²) in [6.07, 6.45) is 4.36. The third-order valence-corrected chi connectivity index (χ3v) is 5.23. The second-order valence-electron chi connectivity index (χ2n) is 7.58. The maximum atomic E-state index is 13.3. The number of amides is 1. The van der Waals surface area contributed by atoms with E-state index in [1.807, 2.05) is 36.9 Å². The van der Waals surface area contributed by atoms with Gasteiger partial charge in [0, 0.05) is 56.5 Å². The Morgan fingerprint density at radius 2 is 1.93 bits per heavy atom. The number of hydrogen-bond donors (Lipinski definition) is 0. The van der Waals surface area contributed by atoms with Gasteiger partial charge < -0.3 is 9.64 Å². The number of carbonyl (C=O) groups is 1. The lowest BCUT2D eigenvalue weighted by molar-refractivity contribution is 0.0355. The molecule has 30 heavy (non-hydrogen) atoms. The van der Waals surface area contributed by atoms with Crippen molar-refractivity contribution in [2.24, 2.45) is 0 Å². The highest BCUT2D eigenvalue weighted by Gasteiger charge is 2.22. The first-order valence-corrected chi connectivity index (χ1v) is 10.3. The predicted molar refractivity (Wildman–Crippen MR) is 111 cm³/mol. The van der Waals surface area contributed by atoms with Crippen molar-refractivity contribution in [3.63, 3.8) is 0 Å². The molecule has 1 fully saturated rings. The van der Waals surface area contributed by atoms with Crippen molar-refractivity contribution in [3.8, 4) is 0 Å². The quantitative estimate of drug-likeness (QED) is 0.584. The Hall–Kier alpha value is -2.91. The number of nitrogens with zero attached hydrogens (tertiary/aromatic N) is 7. The van der Waals surface area contributed by atoms with Gasteiger partial charge in [-0.1, -0.05) is 0 Å². The molecule has 9 nitrogen and oxygen atoms in total. The molecule has 4 rings (SSSR count). The average Bonchev–Trinajstić information content (AvgIpc) is 3.18. The van der Waals surface area contributed by atoms with E-state index in [4.69, 9.17) is 4.74 Å². The fourth-order valence-electron chi connectivity index (χ4n) is 3.67. The zero-order chi connectivity index (χ0) is 20.9. The molecule has 1 amide bonds. The summed E-state index contributed by atoms with van der Waals surface area (Å²) in [5.41, 5.74) is 2.78. The molecule has 0 aromatic carbocycles. The molecule has 1 aliphatic rings. The molecule has 1 saturated heterocycles. The number of ether oxygens (including phenoxy) is 1. The summed E-state index contributed by atoms with van der Waals surface area (Å²) in [5, 5.41) is 4.43. The van der Waals surface area contributed by atoms with Crippen LogP contribution in [0.5, 0.6) is 0 Å². The normalized spacial score (nSPS) is 14.9. The fourth-order valence-corrected chi connectivity index (χ4v) is 3.67. The van der Waals surface area contributed by atoms with Crippen molar-refractivity contribution in [2.45, 2.75) is 26.8 Å². The van der Waals surface area contributed by atoms with Gasteiger partial charge in [-0.05, 0) is 44.0 Å². The van der Waals surface area contributed by atoms with Crippen LogP contribution in [0.3, 0.4) is 0 Å². The molecule has 0 bridgehead atoms. The van der Waals surface area contributed by atoms with Gasteiger partial charge in [0.1, 0.15) is 0 Å². The van der Waals surface area contributed by atoms with Crippen molar-refractivity contribution in [1.29, 1.82) is 0 Å². The number of rotatable bonds is 7. The van der Waals surface area contributed by atoms with Crippen LogP contribution in [0.25, 0.3) is 5.78 Å². The van der Waals surface area contributed by atoms with E-state index in [1.54, 1.807) is 16.9 Å². The minimum absolute atomic E-state index is 0.177. The molecule has 3 aromatic rings. The number of carbonyl (C=O) groups excluding carboxylic acids is 1. The molecule has 4 heterocycles. The third kappa shape index (κ3) is 4.80. The number of fused-ring (bicyclic) bond motifs is 1. The van der Waals surface area contributed by atoms with Gasteiger partial charge in [-0.2, -0.15) is 4.98 Å². The van der Waals surface area contributed by atoms with Gasteiger partial charge in [0.05, 0.1) is 13.2 Å². The predicted octanol–water partition coefficient (Wildman–Crippen LogP) is 1.50. The highest BCUT2D eigenvalue weighted by molar-refractivity contribution is 5.90. The fraction of sp³-hybridized carbons (Fsp3) is 0.476. The first-order valence-electron chi connectivity index (χ1n) is 10.3. The molecule has 0 saturated carbocycles. The van der Waals surface area contributed by atoms with Crippen LogP contribution < -0.4 is 0 Å². The summed E-state index contributed by atoms with van der Waals surface area (Å²) in [6, 6.07) is 5.77. The largest absolute Gasteiger partial charge is 0.379 e. The molecule has 0 N–H and O–H groups in total. The molecule has 0 spiro atoms. The van der Waals surface area contributed by atoms with Gasteiger partial charge in [-0.3, -0.25) is 14.7 Å². The second-order valence-corrected chi connectivity index (χ2v) is 7.58. The number of morpholine rings is 1. The molecule has 158 valence electrons. The summed E-state index contributed by atoms with van der Waals surface area (Å²) < 4.78 is 7.04. The third-order valence-electron chi connectivity index (χ3n) is 5.23. The topological polar surface area (TPSA) is 88.8 Å². The monoisotopic (exact) mass is 409 g/mol. The standard InChI is InChI=1S/C21H27N7O2/c1-16-14-17(2)28-21(23-16)24-19(25-28)20(29)27(15-18-4-6-22-7-5-18)9-3-8-26-10-12-30-13-11-26/h4-7,14H,3,8-13,15H2,1-2H3. The first kappa shape index (κ1) is 20.4. The SMILES string of the molecule is Cc1cc(C)n2nc(C(=O)N(CCCN3CCOCC3)Cc3ccncc3)nc2n1. The first-order chi connectivity index (χ1) is 14.6. The zero-order valence-electron chi connectivity index (χ0n) is 17.5. The van der Waals surface area contributed by atoms with E-state index in [0.29, 0.717) is 18.9 Å². The highest BCUT2D eigenvalue weighted by atomic mass is 16.5. The number of pyridine rings is 1. The van der Waals surface area contributed by atoms with Crippen molar-refractivity contribution in [1.82, 2.24) is 34.4 Å². The van der Waals surface area contributed by atoms with Crippen LogP contribution >= 0.6 is 0 Å². The smallest absolute Gasteiger partial charge is 0.293 e. The van der Waals surface area contributed by atoms with Crippen molar-refractivity contribution in [2.75, 3.05) is 39.4 Å². The van der Waals surface area contributed by atoms with Crippen LogP contribution in [0.4, 0.5) is 0 Å². The lowest BCUT2D eigenvalue weighted by Gasteiger charge is -2.28. The molecule has 3 aromatic heterocycles. The average molecular weight is 409 g/mol. The van der Waals surface area contributed by atoms with Crippen molar-refractivity contribution >= 4 is 11.7 Å². The number of aryl methyl sites for hydroxylation is 2. The van der Waals surface area contributed by atoms with Gasteiger partial charge in [0.25, 0.3) is 11.7 Å². The van der Waals surface area contributed by atoms with Crippen LogP contribution in [-0.2, 0) is 11.3 Å². The van der Waals surface area contributed by atoms with Gasteiger partial charge in [0.15, 0.2) is 0 Å². The van der Waals surface area contributed by atoms with E-state index < -0.39 is 0 Å². The van der Waals surface area contributed by atoms with Gasteiger partial charge >= 0.3 is 0 Å². The van der Waals surface area contributed by atoms with Crippen LogP contribution in [0.1, 0.15) is 34.0 Å². The highest BCUT2D eigenvalue weighted by Crippen LogP contribution is 2.11. The number of aromatic nitrogens is 5. The summed E-state index contributed by atoms with van der Waals surface area (Å²) >= 11 is 0. The van der Waals surface area contributed by atoms with Crippen molar-refractivity contribution < 1.29 is 9.53 Å². The zero-order valence-corrected chi connectivity index (χ0v) is 17.5. The van der Waals surface area contributed by atoms with Crippen LogP contribution in [-0.4, -0.2) is 79.7 Å². The second kappa shape index (κ2) is 9.27. The molecular formula is C21H27N7O2. The van der Waals surface area contributed by atoms with E-state index in [9.17, 15) is 4.79 Å². The Balaban J connectivity index is 1.51. The van der Waals surface area contributed by atoms with Gasteiger partial charge in [-0.25, -0.2) is 9.50 Å². The summed E-state index contributed by atoms with van der Waals surface area (Å²) in [4.78, 5) is 30.4. The van der Waals surface area contributed by atoms with Crippen molar-refractivity contribution in [3.05, 3.63) is 53.4 Å². The molecule has 0 radical (unpaired) electrons. The Morgan fingerprint density at radius 3 is 2.70 bits per heavy atom. The maximum absolute atomic E-state index is 13.3. The van der Waals surface area contributed by atoms with Crippen LogP contribution in [0.15, 0.2) is 30.6 Å². The maximum Gasteiger partial charge on any atom is 0.293 e. The van der Waals surface area contributed by atoms with Crippen LogP contribution in [0, 0.1) is 13.8 Å². The van der Waals surface area contributed by atoms with Gasteiger partial charge in [0.2, 0.25) is 5.82 Å². The molecule has 0 unspecified atom stereocenters. The molecule has 0 atom stereocenters. The molecule has 1 aliphatic heterocycles. The Kier molecular flexibility index (Phi) is 6.29. The van der Waals surface area contributed by atoms with E-state index in [0.717, 1.165) is 56.2 Å². The Bertz CT molecular complexity index is 999. The van der Waals surface area contributed by atoms with E-state index in [2.05, 4.69) is 25.0 Å². The summed E-state index contributed by atoms with van der Waals surface area (Å²) in [7, 11) is 0. The van der Waals surface area contributed by atoms with E-state index in [-0.39, 0.29) is 11.7 Å². The minimum atomic E-state index is -0.184. The molecular weight excluding hydrogens is 382 g/mol. The molecule has 9 heteroatoms. The van der Waals surface area contributed by atoms with Gasteiger partial charge in [-0.15, -0.1) is 5.10 Å². The summed E-state index contributed by atoms with van der Waals surface area (Å²) in [5.74, 6) is 0.445. The van der Waals surface area contributed by atoms with E-state index >= 15 is 0 Å².